The topological polar surface area (TPSA) is 32.3 Å². The molecule has 2 N–H and O–H groups in total. The second-order valence-corrected chi connectivity index (χ2v) is 6.94. The number of aliphatic hydroxyl groups is 1. The van der Waals surface area contributed by atoms with Crippen LogP contribution >= 0.6 is 0 Å². The molecule has 0 bridgehead atoms. The van der Waals surface area contributed by atoms with Gasteiger partial charge in [0.2, 0.25) is 0 Å². The lowest BCUT2D eigenvalue weighted by Crippen LogP contribution is -2.27. The molecule has 0 heterocycles. The average molecular weight is 326 g/mol. The molecule has 0 aliphatic rings. The molecule has 0 fully saturated rings. The van der Waals surface area contributed by atoms with Gasteiger partial charge in [-0.25, -0.2) is 0 Å². The molecule has 1 unspecified atom stereocenters. The van der Waals surface area contributed by atoms with Gasteiger partial charge in [0.15, 0.2) is 0 Å². The van der Waals surface area contributed by atoms with Crippen molar-refractivity contribution in [2.24, 2.45) is 0 Å². The highest BCUT2D eigenvalue weighted by Gasteiger charge is 1.96. The molecule has 2 nitrogen and oxygen atoms in total. The monoisotopic (exact) mass is 325 g/mol. The van der Waals surface area contributed by atoms with Gasteiger partial charge in [-0.05, 0) is 19.0 Å². The Bertz CT molecular complexity index is 230. The molecule has 0 aliphatic carbocycles. The van der Waals surface area contributed by atoms with Crippen molar-refractivity contribution < 1.29 is 5.11 Å². The van der Waals surface area contributed by atoms with Crippen molar-refractivity contribution in [2.45, 2.75) is 116 Å². The Labute approximate surface area is 146 Å². The van der Waals surface area contributed by atoms with Crippen LogP contribution in [0.4, 0.5) is 0 Å². The van der Waals surface area contributed by atoms with Crippen LogP contribution in [0.5, 0.6) is 0 Å². The molecule has 0 aromatic rings. The van der Waals surface area contributed by atoms with Crippen LogP contribution in [0.3, 0.4) is 0 Å². The Balaban J connectivity index is 2.99. The first-order valence-corrected chi connectivity index (χ1v) is 10.3. The smallest absolute Gasteiger partial charge is 0.123 e. The number of hydrogen-bond donors (Lipinski definition) is 2. The molecule has 23 heavy (non-hydrogen) atoms. The third-order valence-electron chi connectivity index (χ3n) is 4.61. The van der Waals surface area contributed by atoms with Gasteiger partial charge in [-0.15, -0.1) is 0 Å². The second-order valence-electron chi connectivity index (χ2n) is 6.94. The van der Waals surface area contributed by atoms with Crippen molar-refractivity contribution in [3.8, 4) is 0 Å². The van der Waals surface area contributed by atoms with Crippen molar-refractivity contribution in [2.75, 3.05) is 6.54 Å². The summed E-state index contributed by atoms with van der Waals surface area (Å²) in [5.41, 5.74) is 0. The molecule has 0 rings (SSSR count). The van der Waals surface area contributed by atoms with Crippen LogP contribution in [0.1, 0.15) is 110 Å². The standard InChI is InChI=1S/C21H43NO/c1-3-5-6-7-8-9-10-11-12-13-14-15-16-17-18-19-20-22-21(23)4-2/h4,21-23H,2-3,5-20H2,1H3. The van der Waals surface area contributed by atoms with Gasteiger partial charge in [0.05, 0.1) is 0 Å². The summed E-state index contributed by atoms with van der Waals surface area (Å²) in [5.74, 6) is 0. The Hall–Kier alpha value is -0.340. The molecular formula is C21H43NO. The zero-order chi connectivity index (χ0) is 17.0. The normalized spacial score (nSPS) is 12.4. The van der Waals surface area contributed by atoms with Crippen molar-refractivity contribution >= 4 is 0 Å². The largest absolute Gasteiger partial charge is 0.375 e. The van der Waals surface area contributed by atoms with E-state index in [2.05, 4.69) is 18.8 Å². The molecule has 0 aromatic carbocycles. The van der Waals surface area contributed by atoms with Crippen LogP contribution in [0.25, 0.3) is 0 Å². The zero-order valence-corrected chi connectivity index (χ0v) is 15.8. The molecule has 138 valence electrons. The minimum absolute atomic E-state index is 0.536. The number of rotatable bonds is 19. The lowest BCUT2D eigenvalue weighted by atomic mass is 10.0. The maximum atomic E-state index is 9.25. The lowest BCUT2D eigenvalue weighted by Gasteiger charge is -2.07. The summed E-state index contributed by atoms with van der Waals surface area (Å²) in [6.07, 6.45) is 23.3. The SMILES string of the molecule is C=CC(O)NCCCCCCCCCCCCCCCCCC. The molecule has 0 aromatic heterocycles. The van der Waals surface area contributed by atoms with E-state index in [4.69, 9.17) is 0 Å². The Kier molecular flexibility index (Phi) is 19.4. The van der Waals surface area contributed by atoms with Gasteiger partial charge in [0, 0.05) is 0 Å². The van der Waals surface area contributed by atoms with Gasteiger partial charge in [-0.3, -0.25) is 5.32 Å². The van der Waals surface area contributed by atoms with Gasteiger partial charge < -0.3 is 5.11 Å². The van der Waals surface area contributed by atoms with Crippen LogP contribution in [-0.4, -0.2) is 17.9 Å². The first-order chi connectivity index (χ1) is 11.3. The summed E-state index contributed by atoms with van der Waals surface area (Å²) in [5, 5.41) is 12.3. The third-order valence-corrected chi connectivity index (χ3v) is 4.61. The van der Waals surface area contributed by atoms with E-state index in [0.29, 0.717) is 0 Å². The van der Waals surface area contributed by atoms with E-state index >= 15 is 0 Å². The Morgan fingerprint density at radius 1 is 0.696 bits per heavy atom. The van der Waals surface area contributed by atoms with Gasteiger partial charge in [0.1, 0.15) is 6.23 Å². The van der Waals surface area contributed by atoms with E-state index in [1.165, 1.54) is 102 Å². The quantitative estimate of drug-likeness (QED) is 0.165. The molecular weight excluding hydrogens is 282 g/mol. The fraction of sp³-hybridized carbons (Fsp3) is 0.905. The average Bonchev–Trinajstić information content (AvgIpc) is 2.57. The van der Waals surface area contributed by atoms with Crippen LogP contribution in [0.15, 0.2) is 12.7 Å². The van der Waals surface area contributed by atoms with Crippen molar-refractivity contribution in [3.63, 3.8) is 0 Å². The summed E-state index contributed by atoms with van der Waals surface area (Å²) in [6.45, 7) is 6.72. The minimum atomic E-state index is -0.536. The summed E-state index contributed by atoms with van der Waals surface area (Å²) >= 11 is 0. The van der Waals surface area contributed by atoms with E-state index < -0.39 is 6.23 Å². The van der Waals surface area contributed by atoms with Gasteiger partial charge in [-0.1, -0.05) is 110 Å². The number of hydrogen-bond acceptors (Lipinski definition) is 2. The molecule has 1 atom stereocenters. The van der Waals surface area contributed by atoms with Gasteiger partial charge in [0.25, 0.3) is 0 Å². The van der Waals surface area contributed by atoms with E-state index in [9.17, 15) is 5.11 Å². The summed E-state index contributed by atoms with van der Waals surface area (Å²) in [4.78, 5) is 0. The summed E-state index contributed by atoms with van der Waals surface area (Å²) < 4.78 is 0. The predicted molar refractivity (Wildman–Crippen MR) is 104 cm³/mol. The molecule has 0 aliphatic heterocycles. The Morgan fingerprint density at radius 2 is 1.04 bits per heavy atom. The van der Waals surface area contributed by atoms with Crippen LogP contribution in [-0.2, 0) is 0 Å². The highest BCUT2D eigenvalue weighted by molar-refractivity contribution is 4.75. The number of nitrogens with one attached hydrogen (secondary N) is 1. The molecule has 0 radical (unpaired) electrons. The van der Waals surface area contributed by atoms with E-state index in [1.807, 2.05) is 0 Å². The molecule has 0 spiro atoms. The fourth-order valence-electron chi connectivity index (χ4n) is 3.01. The highest BCUT2D eigenvalue weighted by Crippen LogP contribution is 2.13. The molecule has 0 saturated carbocycles. The summed E-state index contributed by atoms with van der Waals surface area (Å²) in [6, 6.07) is 0. The highest BCUT2D eigenvalue weighted by atomic mass is 16.3. The van der Waals surface area contributed by atoms with Crippen LogP contribution in [0.2, 0.25) is 0 Å². The van der Waals surface area contributed by atoms with E-state index in [1.54, 1.807) is 0 Å². The maximum absolute atomic E-state index is 9.25. The van der Waals surface area contributed by atoms with Crippen molar-refractivity contribution in [1.82, 2.24) is 5.32 Å². The van der Waals surface area contributed by atoms with E-state index in [0.717, 1.165) is 13.0 Å². The molecule has 2 heteroatoms. The Morgan fingerprint density at radius 3 is 1.39 bits per heavy atom. The first kappa shape index (κ1) is 22.7. The fourth-order valence-corrected chi connectivity index (χ4v) is 3.01. The molecule has 0 amide bonds. The number of unbranched alkanes of at least 4 members (excludes halogenated alkanes) is 15. The lowest BCUT2D eigenvalue weighted by molar-refractivity contribution is 0.184. The van der Waals surface area contributed by atoms with Gasteiger partial charge >= 0.3 is 0 Å². The van der Waals surface area contributed by atoms with Crippen LogP contribution < -0.4 is 5.32 Å². The first-order valence-electron chi connectivity index (χ1n) is 10.3. The number of aliphatic hydroxyl groups excluding tert-OH is 1. The van der Waals surface area contributed by atoms with Crippen LogP contribution in [0, 0.1) is 0 Å². The van der Waals surface area contributed by atoms with Crippen molar-refractivity contribution in [3.05, 3.63) is 12.7 Å². The maximum Gasteiger partial charge on any atom is 0.123 e. The van der Waals surface area contributed by atoms with Gasteiger partial charge in [-0.2, -0.15) is 0 Å². The zero-order valence-electron chi connectivity index (χ0n) is 15.8. The summed E-state index contributed by atoms with van der Waals surface area (Å²) in [7, 11) is 0. The second kappa shape index (κ2) is 19.7. The minimum Gasteiger partial charge on any atom is -0.375 e. The predicted octanol–water partition coefficient (Wildman–Crippen LogP) is 6.34. The van der Waals surface area contributed by atoms with Crippen molar-refractivity contribution in [1.29, 1.82) is 0 Å². The van der Waals surface area contributed by atoms with E-state index in [-0.39, 0.29) is 0 Å². The third kappa shape index (κ3) is 19.6. The molecule has 0 saturated heterocycles.